The Morgan fingerprint density at radius 2 is 0.705 bits per heavy atom. The summed E-state index contributed by atoms with van der Waals surface area (Å²) in [6.45, 7) is -3.35. The highest BCUT2D eigenvalue weighted by molar-refractivity contribution is 7.92. The van der Waals surface area contributed by atoms with Crippen molar-refractivity contribution in [1.82, 2.24) is 0 Å². The van der Waals surface area contributed by atoms with Crippen molar-refractivity contribution in [3.63, 3.8) is 0 Å². The van der Waals surface area contributed by atoms with Crippen molar-refractivity contribution in [2.24, 2.45) is 30.7 Å². The lowest BCUT2D eigenvalue weighted by molar-refractivity contribution is 0.282. The lowest BCUT2D eigenvalue weighted by Gasteiger charge is -2.11. The van der Waals surface area contributed by atoms with E-state index in [-0.39, 0.29) is 5.39 Å². The molecule has 0 heterocycles. The lowest BCUT2D eigenvalue weighted by Crippen LogP contribution is -2.16. The molecule has 10 N–H and O–H groups in total. The van der Waals surface area contributed by atoms with Crippen molar-refractivity contribution in [3.8, 4) is 0 Å². The molecule has 0 fully saturated rings. The number of fused-ring (bicyclic) bond motifs is 1. The fourth-order valence-electron chi connectivity index (χ4n) is 6.13. The average Bonchev–Trinajstić information content (AvgIpc) is 3.28. The Kier molecular flexibility index (Phi) is 18.5. The summed E-state index contributed by atoms with van der Waals surface area (Å²) in [6.07, 6.45) is 0. The van der Waals surface area contributed by atoms with Gasteiger partial charge in [0.15, 0.2) is 29.5 Å². The van der Waals surface area contributed by atoms with Gasteiger partial charge in [0.05, 0.1) is 63.1 Å². The van der Waals surface area contributed by atoms with Crippen LogP contribution in [0.2, 0.25) is 0 Å². The minimum absolute atomic E-state index is 0.196. The molecule has 0 aliphatic heterocycles. The van der Waals surface area contributed by atoms with Gasteiger partial charge in [-0.15, -0.1) is 30.7 Å². The fourth-order valence-corrected chi connectivity index (χ4v) is 13.0. The summed E-state index contributed by atoms with van der Waals surface area (Å²) in [5.74, 6) is -3.35. The van der Waals surface area contributed by atoms with E-state index in [2.05, 4.69) is 43.2 Å². The Morgan fingerprint density at radius 1 is 0.372 bits per heavy atom. The molecule has 426 valence electrons. The Bertz CT molecular complexity index is 4420. The van der Waals surface area contributed by atoms with E-state index in [1.54, 1.807) is 0 Å². The third-order valence-corrected chi connectivity index (χ3v) is 18.7. The number of anilines is 2. The van der Waals surface area contributed by atoms with E-state index >= 15 is 0 Å². The van der Waals surface area contributed by atoms with Crippen molar-refractivity contribution in [2.75, 3.05) is 48.5 Å². The molecular formula is C34H34N8O27S9. The number of sulfone groups is 3. The zero-order chi connectivity index (χ0) is 58.8. The summed E-state index contributed by atoms with van der Waals surface area (Å²) in [5.41, 5.74) is 6.44. The number of hydrogen-bond acceptors (Lipinski definition) is 29. The molecule has 0 saturated carbocycles. The van der Waals surface area contributed by atoms with Crippen LogP contribution < -0.4 is 11.5 Å². The molecule has 5 aromatic rings. The second kappa shape index (κ2) is 23.0. The normalized spacial score (nSPS) is 13.8. The number of rotatable bonds is 24. The van der Waals surface area contributed by atoms with E-state index < -0.39 is 208 Å². The zero-order valence-corrected chi connectivity index (χ0v) is 45.3. The maximum absolute atomic E-state index is 12.9. The van der Waals surface area contributed by atoms with Gasteiger partial charge in [-0.1, -0.05) is 12.1 Å². The molecule has 0 aliphatic rings. The van der Waals surface area contributed by atoms with Gasteiger partial charge in [-0.05, 0) is 66.0 Å². The molecule has 5 aromatic carbocycles. The molecule has 0 radical (unpaired) electrons. The predicted octanol–water partition coefficient (Wildman–Crippen LogP) is 2.77. The standard InChI is InChI=1S/C34H34N8O27S9/c35-31-27(40-37-24-7-3-21(16-29(24)73(49,50)51)71(45,46)13-10-68-77(61,62)63)18-28(32(36)33(31)42-38-25-8-4-22(17-30(25)74(52,53)54)72(47,48)14-11-69-78(64,65)66)41-39-26-6-1-19-15-20(2-5-23(19)34(26)75(55,56)57)70(43,44)12-9-67-76(58,59)60/h1-8,15-18H,9-14,35-36H2,(H,49,50,51)(H,52,53,54)(H,55,56,57)(H,58,59,60)(H,61,62,63)(H,64,65,66). The van der Waals surface area contributed by atoms with Gasteiger partial charge < -0.3 is 11.5 Å². The van der Waals surface area contributed by atoms with Crippen LogP contribution >= 0.6 is 0 Å². The van der Waals surface area contributed by atoms with Crippen LogP contribution in [0.25, 0.3) is 10.8 Å². The van der Waals surface area contributed by atoms with Gasteiger partial charge in [0.25, 0.3) is 30.4 Å². The lowest BCUT2D eigenvalue weighted by atomic mass is 10.1. The predicted molar refractivity (Wildman–Crippen MR) is 263 cm³/mol. The molecule has 78 heavy (non-hydrogen) atoms. The molecule has 0 saturated heterocycles. The van der Waals surface area contributed by atoms with Crippen LogP contribution in [0.15, 0.2) is 133 Å². The topological polar surface area (TPSA) is 583 Å². The Labute approximate surface area is 441 Å². The number of azo groups is 3. The van der Waals surface area contributed by atoms with Crippen LogP contribution in [0.1, 0.15) is 0 Å². The van der Waals surface area contributed by atoms with Gasteiger partial charge in [-0.2, -0.15) is 50.5 Å². The van der Waals surface area contributed by atoms with Gasteiger partial charge in [-0.3, -0.25) is 27.3 Å². The highest BCUT2D eigenvalue weighted by atomic mass is 32.3. The maximum Gasteiger partial charge on any atom is 0.397 e. The van der Waals surface area contributed by atoms with Crippen LogP contribution in [0.3, 0.4) is 0 Å². The van der Waals surface area contributed by atoms with Crippen molar-refractivity contribution in [2.45, 2.75) is 29.4 Å². The average molecular weight is 1280 g/mol. The van der Waals surface area contributed by atoms with Crippen LogP contribution in [-0.4, -0.2) is 140 Å². The molecule has 0 spiro atoms. The minimum atomic E-state index is -5.46. The molecule has 5 rings (SSSR count). The van der Waals surface area contributed by atoms with E-state index in [0.29, 0.717) is 36.4 Å². The van der Waals surface area contributed by atoms with E-state index in [9.17, 15) is 89.4 Å². The van der Waals surface area contributed by atoms with Crippen LogP contribution in [-0.2, 0) is 104 Å². The molecule has 0 aliphatic carbocycles. The van der Waals surface area contributed by atoms with Crippen molar-refractivity contribution in [3.05, 3.63) is 72.8 Å². The van der Waals surface area contributed by atoms with Gasteiger partial charge in [0, 0.05) is 5.39 Å². The summed E-state index contributed by atoms with van der Waals surface area (Å²) in [7, 11) is -45.3. The first-order valence-electron chi connectivity index (χ1n) is 19.8. The smallest absolute Gasteiger partial charge is 0.395 e. The van der Waals surface area contributed by atoms with Crippen molar-refractivity contribution >= 4 is 147 Å². The van der Waals surface area contributed by atoms with Gasteiger partial charge in [-0.25, -0.2) is 37.8 Å². The molecule has 0 aromatic heterocycles. The monoisotopic (exact) mass is 1270 g/mol. The first-order chi connectivity index (χ1) is 35.5. The van der Waals surface area contributed by atoms with Crippen LogP contribution in [0.5, 0.6) is 0 Å². The van der Waals surface area contributed by atoms with Crippen molar-refractivity contribution < 1.29 is 116 Å². The summed E-state index contributed by atoms with van der Waals surface area (Å²) in [6, 6.07) is 8.79. The number of nitrogen functional groups attached to an aromatic ring is 2. The molecule has 0 amide bonds. The number of hydrogen-bond donors (Lipinski definition) is 8. The quantitative estimate of drug-likeness (QED) is 0.0250. The second-order valence-electron chi connectivity index (χ2n) is 14.9. The molecule has 0 bridgehead atoms. The van der Waals surface area contributed by atoms with E-state index in [4.69, 9.17) is 25.1 Å². The third kappa shape index (κ3) is 16.7. The van der Waals surface area contributed by atoms with Crippen LogP contribution in [0.4, 0.5) is 45.5 Å². The molecule has 0 unspecified atom stereocenters. The second-order valence-corrected chi connectivity index (χ2v) is 28.6. The highest BCUT2D eigenvalue weighted by Gasteiger charge is 2.27. The molecular weight excluding hydrogens is 1240 g/mol. The van der Waals surface area contributed by atoms with Gasteiger partial charge >= 0.3 is 31.2 Å². The molecule has 44 heteroatoms. The SMILES string of the molecule is Nc1c(N=Nc2ccc(S(=O)(=O)CCOS(=O)(=O)O)cc2S(=O)(=O)O)cc(N=Nc2ccc3cc(S(=O)(=O)CCOS(=O)(=O)O)ccc3c2S(=O)(=O)O)c(N)c1N=Nc1ccc(S(=O)(=O)CCOS(=O)(=O)O)cc1S(=O)(=O)O. The summed E-state index contributed by atoms with van der Waals surface area (Å²) >= 11 is 0. The zero-order valence-electron chi connectivity index (χ0n) is 37.9. The van der Waals surface area contributed by atoms with Crippen LogP contribution in [0, 0.1) is 0 Å². The maximum atomic E-state index is 12.9. The number of benzene rings is 5. The summed E-state index contributed by atoms with van der Waals surface area (Å²) in [4.78, 5) is -5.86. The summed E-state index contributed by atoms with van der Waals surface area (Å²) < 4.78 is 287. The Morgan fingerprint density at radius 3 is 1.08 bits per heavy atom. The minimum Gasteiger partial charge on any atom is -0.395 e. The first kappa shape index (κ1) is 62.8. The molecule has 0 atom stereocenters. The van der Waals surface area contributed by atoms with Gasteiger partial charge in [0.2, 0.25) is 0 Å². The van der Waals surface area contributed by atoms with Crippen molar-refractivity contribution in [1.29, 1.82) is 0 Å². The van der Waals surface area contributed by atoms with E-state index in [0.717, 1.165) is 36.4 Å². The van der Waals surface area contributed by atoms with E-state index in [1.165, 1.54) is 0 Å². The first-order valence-corrected chi connectivity index (χ1v) is 33.1. The summed E-state index contributed by atoms with van der Waals surface area (Å²) in [5, 5.41) is 22.0. The highest BCUT2D eigenvalue weighted by Crippen LogP contribution is 2.47. The third-order valence-electron chi connectivity index (χ3n) is 9.55. The molecule has 35 nitrogen and oxygen atoms in total. The van der Waals surface area contributed by atoms with E-state index in [1.807, 2.05) is 0 Å². The fraction of sp³-hybridized carbons (Fsp3) is 0.176. The Hall–Kier alpha value is -6.05. The number of nitrogens with two attached hydrogens (primary N) is 2. The largest absolute Gasteiger partial charge is 0.397 e. The Balaban J connectivity index is 1.70. The number of nitrogens with zero attached hydrogens (tertiary/aromatic N) is 6. The van der Waals surface area contributed by atoms with Gasteiger partial charge in [0.1, 0.15) is 48.8 Å².